The molecule has 0 unspecified atom stereocenters. The van der Waals surface area contributed by atoms with Crippen LogP contribution in [-0.4, -0.2) is 13.2 Å². The highest BCUT2D eigenvalue weighted by Gasteiger charge is 1.99. The molecule has 0 amide bonds. The van der Waals surface area contributed by atoms with Gasteiger partial charge in [0.15, 0.2) is 0 Å². The van der Waals surface area contributed by atoms with E-state index in [1.54, 1.807) is 0 Å². The van der Waals surface area contributed by atoms with Crippen molar-refractivity contribution in [2.45, 2.75) is 0 Å². The lowest BCUT2D eigenvalue weighted by atomic mass is 10.1. The second-order valence-electron chi connectivity index (χ2n) is 5.41. The fourth-order valence-corrected chi connectivity index (χ4v) is 2.30. The molecule has 4 heteroatoms. The Morgan fingerprint density at radius 3 is 1.29 bits per heavy atom. The van der Waals surface area contributed by atoms with E-state index in [1.165, 1.54) is 0 Å². The van der Waals surface area contributed by atoms with Gasteiger partial charge in [-0.3, -0.25) is 0 Å². The van der Waals surface area contributed by atoms with Crippen molar-refractivity contribution >= 4 is 11.4 Å². The summed E-state index contributed by atoms with van der Waals surface area (Å²) in [5.74, 6) is 1.60. The molecular weight excluding hydrogens is 300 g/mol. The number of benzene rings is 3. The topological polar surface area (TPSA) is 70.5 Å². The molecule has 122 valence electrons. The summed E-state index contributed by atoms with van der Waals surface area (Å²) in [4.78, 5) is 0. The zero-order valence-electron chi connectivity index (χ0n) is 13.3. The summed E-state index contributed by atoms with van der Waals surface area (Å²) in [6.45, 7) is 0.954. The van der Waals surface area contributed by atoms with Gasteiger partial charge < -0.3 is 20.9 Å². The first-order chi connectivity index (χ1) is 11.7. The lowest BCUT2D eigenvalue weighted by Crippen LogP contribution is -2.08. The van der Waals surface area contributed by atoms with Crippen LogP contribution in [0.4, 0.5) is 11.4 Å². The summed E-state index contributed by atoms with van der Waals surface area (Å²) < 4.78 is 11.3. The van der Waals surface area contributed by atoms with E-state index in [-0.39, 0.29) is 0 Å². The lowest BCUT2D eigenvalue weighted by Gasteiger charge is -2.09. The molecule has 0 spiro atoms. The predicted octanol–water partition coefficient (Wildman–Crippen LogP) is 3.98. The van der Waals surface area contributed by atoms with Crippen molar-refractivity contribution in [2.75, 3.05) is 24.7 Å². The molecule has 4 nitrogen and oxygen atoms in total. The van der Waals surface area contributed by atoms with Crippen molar-refractivity contribution in [2.24, 2.45) is 0 Å². The number of hydrogen-bond acceptors (Lipinski definition) is 4. The molecule has 3 rings (SSSR count). The zero-order chi connectivity index (χ0) is 16.8. The Morgan fingerprint density at radius 2 is 0.833 bits per heavy atom. The van der Waals surface area contributed by atoms with E-state index >= 15 is 0 Å². The van der Waals surface area contributed by atoms with E-state index in [0.29, 0.717) is 13.2 Å². The van der Waals surface area contributed by atoms with E-state index in [1.807, 2.05) is 72.8 Å². The smallest absolute Gasteiger partial charge is 0.122 e. The monoisotopic (exact) mass is 320 g/mol. The molecule has 0 aliphatic carbocycles. The molecule has 0 fully saturated rings. The quantitative estimate of drug-likeness (QED) is 0.532. The molecule has 0 saturated carbocycles. The summed E-state index contributed by atoms with van der Waals surface area (Å²) in [5, 5.41) is 0. The van der Waals surface area contributed by atoms with Crippen LogP contribution in [0.3, 0.4) is 0 Å². The maximum Gasteiger partial charge on any atom is 0.122 e. The van der Waals surface area contributed by atoms with Crippen LogP contribution in [0.15, 0.2) is 72.8 Å². The number of ether oxygens (including phenoxy) is 2. The van der Waals surface area contributed by atoms with Crippen LogP contribution in [0.2, 0.25) is 0 Å². The van der Waals surface area contributed by atoms with Gasteiger partial charge in [0.2, 0.25) is 0 Å². The van der Waals surface area contributed by atoms with E-state index < -0.39 is 0 Å². The fraction of sp³-hybridized carbons (Fsp3) is 0.100. The van der Waals surface area contributed by atoms with Gasteiger partial charge in [-0.25, -0.2) is 0 Å². The van der Waals surface area contributed by atoms with Crippen molar-refractivity contribution in [1.29, 1.82) is 0 Å². The van der Waals surface area contributed by atoms with Gasteiger partial charge in [0.05, 0.1) is 0 Å². The van der Waals surface area contributed by atoms with E-state index in [4.69, 9.17) is 20.9 Å². The first-order valence-electron chi connectivity index (χ1n) is 7.78. The minimum atomic E-state index is 0.476. The van der Waals surface area contributed by atoms with E-state index in [0.717, 1.165) is 34.0 Å². The average molecular weight is 320 g/mol. The van der Waals surface area contributed by atoms with Gasteiger partial charge in [0, 0.05) is 11.4 Å². The Bertz CT molecular complexity index is 766. The minimum Gasteiger partial charge on any atom is -0.490 e. The lowest BCUT2D eigenvalue weighted by molar-refractivity contribution is 0.217. The maximum absolute atomic E-state index is 5.71. The van der Waals surface area contributed by atoms with Crippen molar-refractivity contribution in [1.82, 2.24) is 0 Å². The maximum atomic E-state index is 5.71. The number of nitrogens with two attached hydrogens (primary N) is 2. The molecule has 4 N–H and O–H groups in total. The van der Waals surface area contributed by atoms with Gasteiger partial charge in [-0.2, -0.15) is 0 Å². The van der Waals surface area contributed by atoms with Crippen LogP contribution in [-0.2, 0) is 0 Å². The summed E-state index contributed by atoms with van der Waals surface area (Å²) in [7, 11) is 0. The Labute approximate surface area is 141 Å². The molecular formula is C20H20N2O2. The minimum absolute atomic E-state index is 0.476. The van der Waals surface area contributed by atoms with Crippen LogP contribution in [0.1, 0.15) is 0 Å². The van der Waals surface area contributed by atoms with Gasteiger partial charge >= 0.3 is 0 Å². The highest BCUT2D eigenvalue weighted by Crippen LogP contribution is 2.23. The van der Waals surface area contributed by atoms with Crippen LogP contribution in [0.5, 0.6) is 11.5 Å². The first kappa shape index (κ1) is 15.7. The third kappa shape index (κ3) is 4.20. The van der Waals surface area contributed by atoms with Crippen molar-refractivity contribution < 1.29 is 9.47 Å². The second kappa shape index (κ2) is 7.42. The van der Waals surface area contributed by atoms with Crippen LogP contribution in [0, 0.1) is 0 Å². The molecule has 0 aromatic heterocycles. The van der Waals surface area contributed by atoms with Crippen LogP contribution < -0.4 is 20.9 Å². The molecule has 0 saturated heterocycles. The molecule has 0 heterocycles. The third-order valence-corrected chi connectivity index (χ3v) is 3.60. The van der Waals surface area contributed by atoms with Gasteiger partial charge in [0.1, 0.15) is 24.7 Å². The van der Waals surface area contributed by atoms with Gasteiger partial charge in [-0.05, 0) is 59.7 Å². The number of anilines is 2. The number of rotatable bonds is 6. The molecule has 0 aliphatic heterocycles. The fourth-order valence-electron chi connectivity index (χ4n) is 2.30. The summed E-state index contributed by atoms with van der Waals surface area (Å²) >= 11 is 0. The molecule has 0 aliphatic rings. The predicted molar refractivity (Wildman–Crippen MR) is 98.1 cm³/mol. The SMILES string of the molecule is Nc1ccc(OCCOc2ccc(-c3ccc(N)cc3)cc2)cc1. The van der Waals surface area contributed by atoms with Crippen molar-refractivity contribution in [3.63, 3.8) is 0 Å². The zero-order valence-corrected chi connectivity index (χ0v) is 13.3. The Hall–Kier alpha value is -3.14. The van der Waals surface area contributed by atoms with Crippen LogP contribution >= 0.6 is 0 Å². The largest absolute Gasteiger partial charge is 0.490 e. The third-order valence-electron chi connectivity index (χ3n) is 3.60. The van der Waals surface area contributed by atoms with Crippen LogP contribution in [0.25, 0.3) is 11.1 Å². The summed E-state index contributed by atoms with van der Waals surface area (Å²) in [5.41, 5.74) is 15.1. The number of nitrogen functional groups attached to an aromatic ring is 2. The van der Waals surface area contributed by atoms with Crippen molar-refractivity contribution in [3.05, 3.63) is 72.8 Å². The highest BCUT2D eigenvalue weighted by atomic mass is 16.5. The Kier molecular flexibility index (Phi) is 4.87. The van der Waals surface area contributed by atoms with Crippen molar-refractivity contribution in [3.8, 4) is 22.6 Å². The standard InChI is InChI=1S/C20H20N2O2/c21-17-5-1-15(2-6-17)16-3-9-19(10-4-16)23-13-14-24-20-11-7-18(22)8-12-20/h1-12H,13-14,21-22H2. The van der Waals surface area contributed by atoms with Gasteiger partial charge in [-0.15, -0.1) is 0 Å². The number of hydrogen-bond donors (Lipinski definition) is 2. The van der Waals surface area contributed by atoms with Gasteiger partial charge in [0.25, 0.3) is 0 Å². The molecule has 0 radical (unpaired) electrons. The molecule has 24 heavy (non-hydrogen) atoms. The Morgan fingerprint density at radius 1 is 0.500 bits per heavy atom. The Balaban J connectivity index is 1.49. The summed E-state index contributed by atoms with van der Waals surface area (Å²) in [6.07, 6.45) is 0. The van der Waals surface area contributed by atoms with E-state index in [2.05, 4.69) is 0 Å². The van der Waals surface area contributed by atoms with E-state index in [9.17, 15) is 0 Å². The molecule has 0 atom stereocenters. The van der Waals surface area contributed by atoms with Gasteiger partial charge in [-0.1, -0.05) is 24.3 Å². The average Bonchev–Trinajstić information content (AvgIpc) is 2.62. The first-order valence-corrected chi connectivity index (χ1v) is 7.78. The molecule has 0 bridgehead atoms. The normalized spacial score (nSPS) is 10.3. The molecule has 3 aromatic carbocycles. The molecule has 3 aromatic rings. The second-order valence-corrected chi connectivity index (χ2v) is 5.41. The summed E-state index contributed by atoms with van der Waals surface area (Å²) in [6, 6.07) is 23.1. The highest BCUT2D eigenvalue weighted by molar-refractivity contribution is 5.66.